The lowest BCUT2D eigenvalue weighted by Gasteiger charge is -2.57. The molecule has 0 unspecified atom stereocenters. The van der Waals surface area contributed by atoms with Crippen molar-refractivity contribution in [3.05, 3.63) is 29.3 Å². The third-order valence-corrected chi connectivity index (χ3v) is 7.79. The lowest BCUT2D eigenvalue weighted by Crippen LogP contribution is -2.48. The first-order valence-electron chi connectivity index (χ1n) is 9.82. The van der Waals surface area contributed by atoms with Gasteiger partial charge in [0.05, 0.1) is 19.2 Å². The average molecular weight is 371 g/mol. The Bertz CT molecular complexity index is 738. The Hall–Kier alpha value is -1.49. The monoisotopic (exact) mass is 370 g/mol. The van der Waals surface area contributed by atoms with Crippen molar-refractivity contribution in [1.82, 2.24) is 5.32 Å². The van der Waals surface area contributed by atoms with Crippen LogP contribution in [0.4, 0.5) is 0 Å². The van der Waals surface area contributed by atoms with Gasteiger partial charge >= 0.3 is 0 Å². The molecule has 5 heteroatoms. The Morgan fingerprint density at radius 3 is 2.46 bits per heavy atom. The van der Waals surface area contributed by atoms with Gasteiger partial charge in [-0.1, -0.05) is 17.8 Å². The maximum Gasteiger partial charge on any atom is 0.260 e. The van der Waals surface area contributed by atoms with Gasteiger partial charge in [-0.3, -0.25) is 9.79 Å². The summed E-state index contributed by atoms with van der Waals surface area (Å²) < 4.78 is 5.63. The first kappa shape index (κ1) is 16.7. The standard InChI is InChI=1S/C21H26N2O2S/c1-25-18-9-16(2-3-17(18)19(24)23-20-22-4-5-26-20)21-10-13-6-14(11-21)8-15(7-13)12-21/h2-3,9,13-15H,4-8,10-12H2,1H3,(H,22,23,24). The maximum atomic E-state index is 12.7. The number of amidine groups is 1. The van der Waals surface area contributed by atoms with Gasteiger partial charge in [0, 0.05) is 5.75 Å². The highest BCUT2D eigenvalue weighted by Gasteiger charge is 2.51. The van der Waals surface area contributed by atoms with E-state index in [0.29, 0.717) is 16.7 Å². The van der Waals surface area contributed by atoms with Crippen LogP contribution in [0.2, 0.25) is 0 Å². The molecule has 138 valence electrons. The minimum atomic E-state index is -0.118. The van der Waals surface area contributed by atoms with Crippen LogP contribution in [0.1, 0.15) is 54.4 Å². The number of rotatable bonds is 3. The molecular weight excluding hydrogens is 344 g/mol. The molecule has 0 aromatic heterocycles. The lowest BCUT2D eigenvalue weighted by atomic mass is 9.48. The van der Waals surface area contributed by atoms with Crippen molar-refractivity contribution < 1.29 is 9.53 Å². The zero-order valence-electron chi connectivity index (χ0n) is 15.3. The van der Waals surface area contributed by atoms with E-state index in [0.717, 1.165) is 35.2 Å². The summed E-state index contributed by atoms with van der Waals surface area (Å²) in [4.78, 5) is 17.0. The Morgan fingerprint density at radius 2 is 1.88 bits per heavy atom. The van der Waals surface area contributed by atoms with Gasteiger partial charge in [-0.25, -0.2) is 0 Å². The van der Waals surface area contributed by atoms with Crippen LogP contribution in [0.25, 0.3) is 0 Å². The molecule has 0 saturated heterocycles. The number of nitrogens with one attached hydrogen (secondary N) is 1. The fourth-order valence-electron chi connectivity index (χ4n) is 6.25. The SMILES string of the molecule is COc1cc(C23CC4CC(CC(C4)C2)C3)ccc1C(=O)NC1=NCCS1. The van der Waals surface area contributed by atoms with E-state index >= 15 is 0 Å². The topological polar surface area (TPSA) is 50.7 Å². The molecule has 0 spiro atoms. The number of methoxy groups -OCH3 is 1. The minimum absolute atomic E-state index is 0.118. The number of carbonyl (C=O) groups is 1. The Balaban J connectivity index is 1.43. The molecule has 1 heterocycles. The molecule has 0 atom stereocenters. The molecule has 5 aliphatic rings. The molecule has 0 radical (unpaired) electrons. The largest absolute Gasteiger partial charge is 0.496 e. The van der Waals surface area contributed by atoms with Gasteiger partial charge in [0.15, 0.2) is 5.17 Å². The average Bonchev–Trinajstić information content (AvgIpc) is 3.13. The van der Waals surface area contributed by atoms with Crippen LogP contribution in [0, 0.1) is 17.8 Å². The first-order chi connectivity index (χ1) is 12.6. The molecule has 4 bridgehead atoms. The second-order valence-electron chi connectivity index (χ2n) is 8.60. The van der Waals surface area contributed by atoms with E-state index in [1.807, 2.05) is 6.07 Å². The third-order valence-electron chi connectivity index (χ3n) is 6.90. The summed E-state index contributed by atoms with van der Waals surface area (Å²) in [5.74, 6) is 4.25. The van der Waals surface area contributed by atoms with Crippen molar-refractivity contribution in [2.24, 2.45) is 22.7 Å². The third kappa shape index (κ3) is 2.75. The van der Waals surface area contributed by atoms with E-state index < -0.39 is 0 Å². The van der Waals surface area contributed by atoms with E-state index in [-0.39, 0.29) is 5.91 Å². The van der Waals surface area contributed by atoms with E-state index in [4.69, 9.17) is 4.74 Å². The van der Waals surface area contributed by atoms with Crippen molar-refractivity contribution >= 4 is 22.8 Å². The number of hydrogen-bond donors (Lipinski definition) is 1. The van der Waals surface area contributed by atoms with Gasteiger partial charge in [0.25, 0.3) is 5.91 Å². The molecule has 4 aliphatic carbocycles. The molecule has 26 heavy (non-hydrogen) atoms. The van der Waals surface area contributed by atoms with Gasteiger partial charge in [0.1, 0.15) is 5.75 Å². The van der Waals surface area contributed by atoms with E-state index in [1.54, 1.807) is 18.9 Å². The summed E-state index contributed by atoms with van der Waals surface area (Å²) in [6.07, 6.45) is 8.29. The number of aliphatic imine (C=N–C) groups is 1. The number of thioether (sulfide) groups is 1. The summed E-state index contributed by atoms with van der Waals surface area (Å²) in [5.41, 5.74) is 2.32. The van der Waals surface area contributed by atoms with Crippen LogP contribution in [-0.2, 0) is 5.41 Å². The molecule has 4 saturated carbocycles. The van der Waals surface area contributed by atoms with Crippen molar-refractivity contribution in [1.29, 1.82) is 0 Å². The van der Waals surface area contributed by atoms with Crippen molar-refractivity contribution in [2.45, 2.75) is 43.9 Å². The summed E-state index contributed by atoms with van der Waals surface area (Å²) in [6, 6.07) is 6.29. The lowest BCUT2D eigenvalue weighted by molar-refractivity contribution is -0.00528. The highest BCUT2D eigenvalue weighted by Crippen LogP contribution is 2.60. The Morgan fingerprint density at radius 1 is 1.19 bits per heavy atom. The zero-order chi connectivity index (χ0) is 17.7. The molecule has 6 rings (SSSR count). The second kappa shape index (κ2) is 6.29. The second-order valence-corrected chi connectivity index (χ2v) is 9.69. The van der Waals surface area contributed by atoms with E-state index in [1.165, 1.54) is 44.1 Å². The van der Waals surface area contributed by atoms with Gasteiger partial charge in [-0.05, 0) is 79.4 Å². The predicted molar refractivity (Wildman–Crippen MR) is 105 cm³/mol. The van der Waals surface area contributed by atoms with Gasteiger partial charge in [-0.2, -0.15) is 0 Å². The summed E-state index contributed by atoms with van der Waals surface area (Å²) >= 11 is 1.60. The highest BCUT2D eigenvalue weighted by molar-refractivity contribution is 8.14. The molecular formula is C21H26N2O2S. The fraction of sp³-hybridized carbons (Fsp3) is 0.619. The maximum absolute atomic E-state index is 12.7. The van der Waals surface area contributed by atoms with Gasteiger partial charge in [-0.15, -0.1) is 0 Å². The highest BCUT2D eigenvalue weighted by atomic mass is 32.2. The molecule has 1 aromatic carbocycles. The molecule has 4 fully saturated rings. The fourth-order valence-corrected chi connectivity index (χ4v) is 6.97. The van der Waals surface area contributed by atoms with Crippen LogP contribution in [0.15, 0.2) is 23.2 Å². The molecule has 1 aromatic rings. The van der Waals surface area contributed by atoms with Crippen molar-refractivity contribution in [2.75, 3.05) is 19.4 Å². The van der Waals surface area contributed by atoms with Crippen LogP contribution in [0.3, 0.4) is 0 Å². The Kier molecular flexibility index (Phi) is 4.03. The number of hydrogen-bond acceptors (Lipinski definition) is 4. The van der Waals surface area contributed by atoms with Crippen LogP contribution >= 0.6 is 11.8 Å². The van der Waals surface area contributed by atoms with E-state index in [9.17, 15) is 4.79 Å². The van der Waals surface area contributed by atoms with Crippen LogP contribution in [0.5, 0.6) is 5.75 Å². The Labute approximate surface area is 159 Å². The molecule has 1 aliphatic heterocycles. The smallest absolute Gasteiger partial charge is 0.260 e. The number of amides is 1. The first-order valence-corrected chi connectivity index (χ1v) is 10.8. The normalized spacial score (nSPS) is 34.7. The van der Waals surface area contributed by atoms with Gasteiger partial charge < -0.3 is 10.1 Å². The number of nitrogens with zero attached hydrogens (tertiary/aromatic N) is 1. The molecule has 1 N–H and O–H groups in total. The number of carbonyl (C=O) groups excluding carboxylic acids is 1. The van der Waals surface area contributed by atoms with Crippen LogP contribution < -0.4 is 10.1 Å². The molecule has 1 amide bonds. The van der Waals surface area contributed by atoms with Crippen molar-refractivity contribution in [3.63, 3.8) is 0 Å². The number of ether oxygens (including phenoxy) is 1. The zero-order valence-corrected chi connectivity index (χ0v) is 16.1. The minimum Gasteiger partial charge on any atom is -0.496 e. The molecule has 4 nitrogen and oxygen atoms in total. The van der Waals surface area contributed by atoms with E-state index in [2.05, 4.69) is 22.4 Å². The summed E-state index contributed by atoms with van der Waals surface area (Å²) in [6.45, 7) is 0.780. The predicted octanol–water partition coefficient (Wildman–Crippen LogP) is 4.00. The van der Waals surface area contributed by atoms with Crippen LogP contribution in [-0.4, -0.2) is 30.5 Å². The van der Waals surface area contributed by atoms with Crippen molar-refractivity contribution in [3.8, 4) is 5.75 Å². The quantitative estimate of drug-likeness (QED) is 0.875. The van der Waals surface area contributed by atoms with Gasteiger partial charge in [0.2, 0.25) is 0 Å². The summed E-state index contributed by atoms with van der Waals surface area (Å²) in [5, 5.41) is 3.64. The number of benzene rings is 1. The summed E-state index contributed by atoms with van der Waals surface area (Å²) in [7, 11) is 1.66.